The number of aryl methyl sites for hydroxylation is 1. The first-order valence-corrected chi connectivity index (χ1v) is 9.08. The molecule has 2 N–H and O–H groups in total. The SMILES string of the molecule is CCn1c(=O)c(=O)[nH]c2cc(C(=O)Nc3cc(Cl)ccc3-n3cncn3)ccc21. The van der Waals surface area contributed by atoms with Crippen molar-refractivity contribution < 1.29 is 4.79 Å². The van der Waals surface area contributed by atoms with Crippen molar-refractivity contribution in [3.8, 4) is 5.69 Å². The number of rotatable bonds is 4. The van der Waals surface area contributed by atoms with Gasteiger partial charge in [-0.15, -0.1) is 0 Å². The highest BCUT2D eigenvalue weighted by Crippen LogP contribution is 2.25. The number of amides is 1. The molecule has 4 aromatic rings. The van der Waals surface area contributed by atoms with Crippen molar-refractivity contribution >= 4 is 34.2 Å². The van der Waals surface area contributed by atoms with Gasteiger partial charge in [-0.05, 0) is 43.3 Å². The molecule has 2 aromatic heterocycles. The van der Waals surface area contributed by atoms with Crippen LogP contribution in [0.25, 0.3) is 16.7 Å². The highest BCUT2D eigenvalue weighted by molar-refractivity contribution is 6.31. The minimum absolute atomic E-state index is 0.305. The molecule has 0 aliphatic carbocycles. The molecule has 0 atom stereocenters. The summed E-state index contributed by atoms with van der Waals surface area (Å²) in [5, 5.41) is 7.32. The Morgan fingerprint density at radius 1 is 1.21 bits per heavy atom. The summed E-state index contributed by atoms with van der Waals surface area (Å²) in [4.78, 5) is 43.1. The molecular weight excluding hydrogens is 396 g/mol. The molecule has 0 aliphatic rings. The normalized spacial score (nSPS) is 11.0. The number of aromatic nitrogens is 5. The van der Waals surface area contributed by atoms with Crippen LogP contribution < -0.4 is 16.4 Å². The topological polar surface area (TPSA) is 115 Å². The first kappa shape index (κ1) is 18.6. The summed E-state index contributed by atoms with van der Waals surface area (Å²) in [6.45, 7) is 2.11. The van der Waals surface area contributed by atoms with E-state index in [-0.39, 0.29) is 0 Å². The van der Waals surface area contributed by atoms with Crippen LogP contribution in [0.15, 0.2) is 58.6 Å². The molecule has 1 amide bonds. The van der Waals surface area contributed by atoms with Crippen LogP contribution in [-0.2, 0) is 6.54 Å². The third kappa shape index (κ3) is 3.43. The molecule has 2 heterocycles. The van der Waals surface area contributed by atoms with Crippen LogP contribution in [0.5, 0.6) is 0 Å². The number of nitrogens with one attached hydrogen (secondary N) is 2. The minimum Gasteiger partial charge on any atom is -0.320 e. The lowest BCUT2D eigenvalue weighted by atomic mass is 10.1. The van der Waals surface area contributed by atoms with E-state index in [2.05, 4.69) is 20.4 Å². The van der Waals surface area contributed by atoms with Crippen molar-refractivity contribution in [3.05, 3.63) is 80.3 Å². The van der Waals surface area contributed by atoms with E-state index in [0.717, 1.165) is 0 Å². The number of H-pyrrole nitrogens is 1. The molecule has 0 radical (unpaired) electrons. The van der Waals surface area contributed by atoms with Crippen molar-refractivity contribution in [3.63, 3.8) is 0 Å². The maximum Gasteiger partial charge on any atom is 0.316 e. The Balaban J connectivity index is 1.74. The molecule has 9 nitrogen and oxygen atoms in total. The van der Waals surface area contributed by atoms with Gasteiger partial charge in [0.05, 0.1) is 22.4 Å². The fourth-order valence-corrected chi connectivity index (χ4v) is 3.24. The van der Waals surface area contributed by atoms with E-state index in [1.165, 1.54) is 28.0 Å². The maximum atomic E-state index is 12.8. The summed E-state index contributed by atoms with van der Waals surface area (Å²) < 4.78 is 2.86. The zero-order valence-electron chi connectivity index (χ0n) is 15.2. The molecule has 0 saturated carbocycles. The summed E-state index contributed by atoms with van der Waals surface area (Å²) in [7, 11) is 0. The van der Waals surface area contributed by atoms with Crippen LogP contribution in [0.3, 0.4) is 0 Å². The Morgan fingerprint density at radius 2 is 2.03 bits per heavy atom. The minimum atomic E-state index is -0.736. The van der Waals surface area contributed by atoms with Gasteiger partial charge in [0.1, 0.15) is 12.7 Å². The summed E-state index contributed by atoms with van der Waals surface area (Å²) in [5.74, 6) is -0.411. The lowest BCUT2D eigenvalue weighted by Gasteiger charge is -2.12. The summed E-state index contributed by atoms with van der Waals surface area (Å²) in [6, 6.07) is 9.73. The Bertz CT molecular complexity index is 1340. The first-order valence-electron chi connectivity index (χ1n) is 8.70. The Morgan fingerprint density at radius 3 is 2.76 bits per heavy atom. The number of hydrogen-bond acceptors (Lipinski definition) is 5. The van der Waals surface area contributed by atoms with Gasteiger partial charge >= 0.3 is 11.1 Å². The van der Waals surface area contributed by atoms with Crippen molar-refractivity contribution in [2.24, 2.45) is 0 Å². The second-order valence-electron chi connectivity index (χ2n) is 6.19. The largest absolute Gasteiger partial charge is 0.320 e. The third-order valence-corrected chi connectivity index (χ3v) is 4.66. The van der Waals surface area contributed by atoms with E-state index in [9.17, 15) is 14.4 Å². The Hall–Kier alpha value is -3.72. The molecule has 4 rings (SSSR count). The van der Waals surface area contributed by atoms with Crippen molar-refractivity contribution in [1.82, 2.24) is 24.3 Å². The van der Waals surface area contributed by atoms with Crippen LogP contribution >= 0.6 is 11.6 Å². The van der Waals surface area contributed by atoms with Gasteiger partial charge in [0.25, 0.3) is 5.91 Å². The fourth-order valence-electron chi connectivity index (χ4n) is 3.07. The zero-order chi connectivity index (χ0) is 20.5. The molecule has 2 aromatic carbocycles. The fraction of sp³-hybridized carbons (Fsp3) is 0.105. The predicted octanol–water partition coefficient (Wildman–Crippen LogP) is 2.20. The van der Waals surface area contributed by atoms with Crippen molar-refractivity contribution in [1.29, 1.82) is 0 Å². The monoisotopic (exact) mass is 410 g/mol. The Kier molecular flexibility index (Phi) is 4.73. The number of benzene rings is 2. The molecule has 0 unspecified atom stereocenters. The molecule has 0 spiro atoms. The molecular formula is C19H15ClN6O3. The lowest BCUT2D eigenvalue weighted by Crippen LogP contribution is -2.36. The summed E-state index contributed by atoms with van der Waals surface area (Å²) >= 11 is 6.08. The van der Waals surface area contributed by atoms with Gasteiger partial charge < -0.3 is 14.9 Å². The van der Waals surface area contributed by atoms with Crippen LogP contribution in [0.2, 0.25) is 5.02 Å². The number of fused-ring (bicyclic) bond motifs is 1. The maximum absolute atomic E-state index is 12.8. The number of carbonyl (C=O) groups is 1. The quantitative estimate of drug-likeness (QED) is 0.500. The van der Waals surface area contributed by atoms with Gasteiger partial charge in [-0.3, -0.25) is 14.4 Å². The van der Waals surface area contributed by atoms with E-state index >= 15 is 0 Å². The van der Waals surface area contributed by atoms with Crippen LogP contribution in [0.1, 0.15) is 17.3 Å². The van der Waals surface area contributed by atoms with Gasteiger partial charge in [0.15, 0.2) is 0 Å². The number of halogens is 1. The van der Waals surface area contributed by atoms with Gasteiger partial charge in [0, 0.05) is 17.1 Å². The Labute approximate surface area is 168 Å². The highest BCUT2D eigenvalue weighted by Gasteiger charge is 2.14. The highest BCUT2D eigenvalue weighted by atomic mass is 35.5. The number of anilines is 1. The van der Waals surface area contributed by atoms with Crippen LogP contribution in [-0.4, -0.2) is 30.2 Å². The smallest absolute Gasteiger partial charge is 0.316 e. The third-order valence-electron chi connectivity index (χ3n) is 4.43. The number of hydrogen-bond donors (Lipinski definition) is 2. The van der Waals surface area contributed by atoms with Gasteiger partial charge in [-0.2, -0.15) is 5.10 Å². The van der Waals surface area contributed by atoms with Gasteiger partial charge in [-0.25, -0.2) is 9.67 Å². The van der Waals surface area contributed by atoms with Crippen molar-refractivity contribution in [2.75, 3.05) is 5.32 Å². The lowest BCUT2D eigenvalue weighted by molar-refractivity contribution is 0.102. The van der Waals surface area contributed by atoms with Gasteiger partial charge in [-0.1, -0.05) is 11.6 Å². The summed E-state index contributed by atoms with van der Waals surface area (Å²) in [6.07, 6.45) is 2.89. The van der Waals surface area contributed by atoms with E-state index in [1.54, 1.807) is 37.3 Å². The van der Waals surface area contributed by atoms with Crippen LogP contribution in [0.4, 0.5) is 5.69 Å². The second kappa shape index (κ2) is 7.36. The zero-order valence-corrected chi connectivity index (χ0v) is 16.0. The van der Waals surface area contributed by atoms with Crippen molar-refractivity contribution in [2.45, 2.75) is 13.5 Å². The molecule has 0 aliphatic heterocycles. The number of aromatic amines is 1. The van der Waals surface area contributed by atoms with E-state index in [4.69, 9.17) is 11.6 Å². The van der Waals surface area contributed by atoms with Crippen LogP contribution in [0, 0.1) is 0 Å². The molecule has 10 heteroatoms. The molecule has 0 saturated heterocycles. The molecule has 0 bridgehead atoms. The standard InChI is InChI=1S/C19H15ClN6O3/c1-2-25-15-5-3-11(7-13(15)24-18(28)19(25)29)17(27)23-14-8-12(20)4-6-16(14)26-10-21-9-22-26/h3-10H,2H2,1H3,(H,23,27)(H,24,28). The first-order chi connectivity index (χ1) is 14.0. The van der Waals surface area contributed by atoms with E-state index in [0.29, 0.717) is 39.5 Å². The average Bonchev–Trinajstić information content (AvgIpc) is 3.23. The predicted molar refractivity (Wildman–Crippen MR) is 109 cm³/mol. The van der Waals surface area contributed by atoms with E-state index in [1.807, 2.05) is 0 Å². The number of carbonyl (C=O) groups excluding carboxylic acids is 1. The van der Waals surface area contributed by atoms with Gasteiger partial charge in [0.2, 0.25) is 0 Å². The second-order valence-corrected chi connectivity index (χ2v) is 6.63. The summed E-state index contributed by atoms with van der Waals surface area (Å²) in [5.41, 5.74) is 0.911. The average molecular weight is 411 g/mol. The number of nitrogens with zero attached hydrogens (tertiary/aromatic N) is 4. The molecule has 146 valence electrons. The molecule has 0 fully saturated rings. The van der Waals surface area contributed by atoms with E-state index < -0.39 is 17.0 Å². The molecule has 29 heavy (non-hydrogen) atoms.